The topological polar surface area (TPSA) is 145 Å². The van der Waals surface area contributed by atoms with Gasteiger partial charge in [0, 0.05) is 6.92 Å². The van der Waals surface area contributed by atoms with Crippen LogP contribution in [0.5, 0.6) is 0 Å². The van der Waals surface area contributed by atoms with E-state index in [4.69, 9.17) is 24.7 Å². The van der Waals surface area contributed by atoms with Gasteiger partial charge in [-0.25, -0.2) is 9.78 Å². The number of thiazole rings is 1. The van der Waals surface area contributed by atoms with Gasteiger partial charge in [-0.05, 0) is 0 Å². The lowest BCUT2D eigenvalue weighted by Gasteiger charge is -2.26. The number of aromatic nitrogens is 3. The molecule has 11 nitrogen and oxygen atoms in total. The zero-order chi connectivity index (χ0) is 17.7. The lowest BCUT2D eigenvalue weighted by atomic mass is 10.1. The van der Waals surface area contributed by atoms with Crippen molar-refractivity contribution in [2.24, 2.45) is 0 Å². The van der Waals surface area contributed by atoms with Crippen LogP contribution in [0, 0.1) is 0 Å². The average Bonchev–Trinajstić information content (AvgIpc) is 3.04. The Morgan fingerprint density at radius 1 is 1.48 bits per heavy atom. The maximum atomic E-state index is 12.5. The predicted molar refractivity (Wildman–Crippen MR) is 81.8 cm³/mol. The average molecular weight is 368 g/mol. The molecule has 132 valence electrons. The predicted octanol–water partition coefficient (Wildman–Crippen LogP) is -0.200. The van der Waals surface area contributed by atoms with Crippen molar-refractivity contribution in [2.75, 3.05) is 12.3 Å². The number of hydrogen-bond acceptors (Lipinski definition) is 11. The van der Waals surface area contributed by atoms with Gasteiger partial charge in [-0.1, -0.05) is 11.3 Å². The minimum absolute atomic E-state index is 0.0201. The molecule has 12 heteroatoms. The third-order valence-electron chi connectivity index (χ3n) is 3.82. The second-order valence-corrected chi connectivity index (χ2v) is 6.43. The van der Waals surface area contributed by atoms with Crippen LogP contribution in [0.4, 0.5) is 10.7 Å². The number of carbonyl (C=O) groups is 2. The SMILES string of the molecule is CC(=O)O[C@@H]1[C@H]2OC(=O)OC[C@H]2O[C@H]1n1c(=O)sc2cnc(N)nc21. The van der Waals surface area contributed by atoms with Crippen LogP contribution in [-0.4, -0.2) is 51.6 Å². The number of esters is 1. The van der Waals surface area contributed by atoms with Gasteiger partial charge in [0.25, 0.3) is 0 Å². The van der Waals surface area contributed by atoms with Gasteiger partial charge in [-0.2, -0.15) is 4.98 Å². The summed E-state index contributed by atoms with van der Waals surface area (Å²) in [6.45, 7) is 1.13. The van der Waals surface area contributed by atoms with E-state index < -0.39 is 41.5 Å². The Hall–Kier alpha value is -2.73. The van der Waals surface area contributed by atoms with Gasteiger partial charge in [0.2, 0.25) is 5.95 Å². The molecule has 0 bridgehead atoms. The molecule has 0 spiro atoms. The number of ether oxygens (including phenoxy) is 4. The van der Waals surface area contributed by atoms with Gasteiger partial charge >= 0.3 is 17.0 Å². The van der Waals surface area contributed by atoms with Gasteiger partial charge in [0.1, 0.15) is 12.7 Å². The highest BCUT2D eigenvalue weighted by atomic mass is 32.1. The molecule has 0 aliphatic carbocycles. The summed E-state index contributed by atoms with van der Waals surface area (Å²) in [6.07, 6.45) is -3.11. The summed E-state index contributed by atoms with van der Waals surface area (Å²) in [5, 5.41) is 0. The molecule has 0 radical (unpaired) electrons. The van der Waals surface area contributed by atoms with Crippen LogP contribution in [0.1, 0.15) is 13.2 Å². The molecule has 2 aliphatic heterocycles. The van der Waals surface area contributed by atoms with Gasteiger partial charge in [0.15, 0.2) is 24.1 Å². The first-order valence-electron chi connectivity index (χ1n) is 7.23. The van der Waals surface area contributed by atoms with Gasteiger partial charge in [0.05, 0.1) is 10.9 Å². The number of anilines is 1. The van der Waals surface area contributed by atoms with Crippen molar-refractivity contribution in [3.63, 3.8) is 0 Å². The smallest absolute Gasteiger partial charge is 0.454 e. The summed E-state index contributed by atoms with van der Waals surface area (Å²) in [4.78, 5) is 42.9. The second kappa shape index (κ2) is 5.67. The van der Waals surface area contributed by atoms with E-state index in [9.17, 15) is 14.4 Å². The van der Waals surface area contributed by atoms with Crippen LogP contribution in [0.15, 0.2) is 11.0 Å². The van der Waals surface area contributed by atoms with E-state index in [1.165, 1.54) is 17.7 Å². The number of carbonyl (C=O) groups excluding carboxylic acids is 2. The van der Waals surface area contributed by atoms with Crippen LogP contribution in [0.25, 0.3) is 10.3 Å². The third-order valence-corrected chi connectivity index (χ3v) is 4.70. The summed E-state index contributed by atoms with van der Waals surface area (Å²) in [6, 6.07) is 0. The molecule has 0 saturated carbocycles. The fraction of sp³-hybridized carbons (Fsp3) is 0.462. The highest BCUT2D eigenvalue weighted by Gasteiger charge is 2.53. The Kier molecular flexibility index (Phi) is 3.58. The van der Waals surface area contributed by atoms with Crippen molar-refractivity contribution in [2.45, 2.75) is 31.5 Å². The Labute approximate surface area is 143 Å². The quantitative estimate of drug-likeness (QED) is 0.707. The van der Waals surface area contributed by atoms with Crippen molar-refractivity contribution < 1.29 is 28.5 Å². The van der Waals surface area contributed by atoms with Gasteiger partial charge in [-0.15, -0.1) is 0 Å². The summed E-state index contributed by atoms with van der Waals surface area (Å²) in [5.41, 5.74) is 5.85. The summed E-state index contributed by atoms with van der Waals surface area (Å²) in [7, 11) is 0. The van der Waals surface area contributed by atoms with E-state index in [0.29, 0.717) is 4.70 Å². The molecular formula is C13H12N4O7S. The second-order valence-electron chi connectivity index (χ2n) is 5.44. The molecule has 0 aromatic carbocycles. The molecule has 2 N–H and O–H groups in total. The van der Waals surface area contributed by atoms with Crippen molar-refractivity contribution in [3.8, 4) is 0 Å². The lowest BCUT2D eigenvalue weighted by Crippen LogP contribution is -2.45. The van der Waals surface area contributed by atoms with Crippen molar-refractivity contribution in [3.05, 3.63) is 15.9 Å². The molecule has 2 fully saturated rings. The molecule has 0 unspecified atom stereocenters. The standard InChI is InChI=1S/C13H12N4O7S/c1-4(18)22-8-7-5(3-21-13(20)24-7)23-10(8)17-9-6(25-12(17)19)2-15-11(14)16-9/h2,5,7-8,10H,3H2,1H3,(H2,14,15,16)/t5-,7+,8-,10-/m1/s1. The fourth-order valence-electron chi connectivity index (χ4n) is 2.88. The molecular weight excluding hydrogens is 356 g/mol. The first-order chi connectivity index (χ1) is 11.9. The monoisotopic (exact) mass is 368 g/mol. The van der Waals surface area contributed by atoms with Crippen LogP contribution in [0.2, 0.25) is 0 Å². The molecule has 25 heavy (non-hydrogen) atoms. The van der Waals surface area contributed by atoms with Crippen LogP contribution >= 0.6 is 11.3 Å². The Balaban J connectivity index is 1.81. The van der Waals surface area contributed by atoms with Crippen LogP contribution in [-0.2, 0) is 23.7 Å². The Morgan fingerprint density at radius 2 is 2.28 bits per heavy atom. The lowest BCUT2D eigenvalue weighted by molar-refractivity contribution is -0.156. The van der Waals surface area contributed by atoms with E-state index in [2.05, 4.69) is 9.97 Å². The van der Waals surface area contributed by atoms with E-state index in [0.717, 1.165) is 11.3 Å². The molecule has 0 amide bonds. The first kappa shape index (κ1) is 15.8. The number of nitrogens with zero attached hydrogens (tertiary/aromatic N) is 3. The number of hydrogen-bond donors (Lipinski definition) is 1. The fourth-order valence-corrected chi connectivity index (χ4v) is 3.70. The molecule has 2 aromatic heterocycles. The van der Waals surface area contributed by atoms with Crippen molar-refractivity contribution in [1.29, 1.82) is 0 Å². The van der Waals surface area contributed by atoms with Crippen molar-refractivity contribution >= 4 is 39.8 Å². The zero-order valence-corrected chi connectivity index (χ0v) is 13.6. The molecule has 4 atom stereocenters. The summed E-state index contributed by atoms with van der Waals surface area (Å²) >= 11 is 0.896. The number of nitrogen functional groups attached to an aromatic ring is 1. The van der Waals surface area contributed by atoms with Crippen LogP contribution < -0.4 is 10.6 Å². The zero-order valence-electron chi connectivity index (χ0n) is 12.8. The number of cyclic esters (lactones) is 1. The molecule has 2 aromatic rings. The maximum absolute atomic E-state index is 12.5. The van der Waals surface area contributed by atoms with Gasteiger partial charge in [-0.3, -0.25) is 14.2 Å². The van der Waals surface area contributed by atoms with E-state index >= 15 is 0 Å². The molecule has 4 heterocycles. The highest BCUT2D eigenvalue weighted by molar-refractivity contribution is 7.16. The maximum Gasteiger partial charge on any atom is 0.508 e. The minimum Gasteiger partial charge on any atom is -0.454 e. The minimum atomic E-state index is -1.04. The van der Waals surface area contributed by atoms with Gasteiger partial charge < -0.3 is 24.7 Å². The summed E-state index contributed by atoms with van der Waals surface area (Å²) < 4.78 is 22.7. The van der Waals surface area contributed by atoms with E-state index in [1.54, 1.807) is 0 Å². The largest absolute Gasteiger partial charge is 0.508 e. The highest BCUT2D eigenvalue weighted by Crippen LogP contribution is 2.37. The van der Waals surface area contributed by atoms with E-state index in [1.807, 2.05) is 0 Å². The normalized spacial score (nSPS) is 28.3. The number of nitrogens with two attached hydrogens (primary N) is 1. The number of fused-ring (bicyclic) bond motifs is 2. The Bertz CT molecular complexity index is 925. The number of rotatable bonds is 2. The van der Waals surface area contributed by atoms with Crippen LogP contribution in [0.3, 0.4) is 0 Å². The summed E-state index contributed by atoms with van der Waals surface area (Å²) in [5.74, 6) is -0.628. The Morgan fingerprint density at radius 3 is 3.04 bits per heavy atom. The molecule has 2 saturated heterocycles. The van der Waals surface area contributed by atoms with E-state index in [-0.39, 0.29) is 18.2 Å². The molecule has 2 aliphatic rings. The first-order valence-corrected chi connectivity index (χ1v) is 8.05. The van der Waals surface area contributed by atoms with Crippen molar-refractivity contribution in [1.82, 2.24) is 14.5 Å². The third kappa shape index (κ3) is 2.59. The molecule has 4 rings (SSSR count).